The minimum Gasteiger partial charge on any atom is -0.508 e. The number of alkyl halides is 3. The molecule has 0 aliphatic carbocycles. The number of rotatable bonds is 7. The van der Waals surface area contributed by atoms with Gasteiger partial charge in [0.2, 0.25) is 5.91 Å². The first-order chi connectivity index (χ1) is 15.1. The second-order valence-electron chi connectivity index (χ2n) is 7.22. The van der Waals surface area contributed by atoms with Gasteiger partial charge in [-0.05, 0) is 34.5 Å². The van der Waals surface area contributed by atoms with Crippen LogP contribution in [0.15, 0.2) is 72.4 Å². The van der Waals surface area contributed by atoms with E-state index in [2.05, 4.69) is 10.6 Å². The molecular formula is C24H21F3N2O3. The first kappa shape index (κ1) is 22.9. The molecule has 3 rings (SSSR count). The van der Waals surface area contributed by atoms with Crippen LogP contribution in [0.4, 0.5) is 18.9 Å². The number of hydrogen-bond acceptors (Lipinski definition) is 4. The number of halogens is 3. The molecule has 5 nitrogen and oxygen atoms in total. The third-order valence-corrected chi connectivity index (χ3v) is 4.79. The topological polar surface area (TPSA) is 78.4 Å². The van der Waals surface area contributed by atoms with Crippen LogP contribution in [0.5, 0.6) is 5.75 Å². The summed E-state index contributed by atoms with van der Waals surface area (Å²) in [5.74, 6) is -2.37. The predicted octanol–water partition coefficient (Wildman–Crippen LogP) is 4.85. The van der Waals surface area contributed by atoms with E-state index in [-0.39, 0.29) is 30.2 Å². The lowest BCUT2D eigenvalue weighted by atomic mass is 9.95. The lowest BCUT2D eigenvalue weighted by Gasteiger charge is -2.14. The lowest BCUT2D eigenvalue weighted by Crippen LogP contribution is -2.27. The van der Waals surface area contributed by atoms with Gasteiger partial charge in [0.15, 0.2) is 0 Å². The Hall–Kier alpha value is -3.81. The van der Waals surface area contributed by atoms with Gasteiger partial charge in [0.25, 0.3) is 5.78 Å². The van der Waals surface area contributed by atoms with Gasteiger partial charge in [0.1, 0.15) is 5.75 Å². The molecule has 8 heteroatoms. The molecule has 0 saturated carbocycles. The number of nitrogens with one attached hydrogen (secondary N) is 2. The summed E-state index contributed by atoms with van der Waals surface area (Å²) >= 11 is 0. The van der Waals surface area contributed by atoms with Gasteiger partial charge in [-0.15, -0.1) is 0 Å². The highest BCUT2D eigenvalue weighted by atomic mass is 19.4. The summed E-state index contributed by atoms with van der Waals surface area (Å²) in [5, 5.41) is 16.9. The first-order valence-corrected chi connectivity index (χ1v) is 9.75. The Labute approximate surface area is 182 Å². The fraction of sp³-hybridized carbons (Fsp3) is 0.167. The van der Waals surface area contributed by atoms with E-state index in [0.717, 1.165) is 17.1 Å². The summed E-state index contributed by atoms with van der Waals surface area (Å²) in [6, 6.07) is 16.7. The predicted molar refractivity (Wildman–Crippen MR) is 116 cm³/mol. The zero-order chi connectivity index (χ0) is 23.3. The summed E-state index contributed by atoms with van der Waals surface area (Å²) in [4.78, 5) is 23.1. The maximum atomic E-state index is 13.2. The molecule has 0 atom stereocenters. The van der Waals surface area contributed by atoms with Gasteiger partial charge in [0.05, 0.1) is 0 Å². The number of aromatic hydroxyl groups is 1. The Bertz CT molecular complexity index is 1170. The van der Waals surface area contributed by atoms with Crippen molar-refractivity contribution in [2.24, 2.45) is 0 Å². The molecule has 32 heavy (non-hydrogen) atoms. The molecule has 0 aromatic heterocycles. The van der Waals surface area contributed by atoms with Crippen molar-refractivity contribution in [2.45, 2.75) is 26.1 Å². The molecule has 0 aliphatic rings. The third-order valence-electron chi connectivity index (χ3n) is 4.79. The SMILES string of the molecule is CC(=O)Nc1ccc(CN/C=C(\Cc2c(O)ccc3ccccc23)C(=O)C(F)(F)F)cc1. The smallest absolute Gasteiger partial charge is 0.454 e. The van der Waals surface area contributed by atoms with Crippen LogP contribution in [0, 0.1) is 0 Å². The Morgan fingerprint density at radius 1 is 1.00 bits per heavy atom. The minimum atomic E-state index is -5.05. The molecule has 3 N–H and O–H groups in total. The molecule has 0 saturated heterocycles. The average molecular weight is 442 g/mol. The van der Waals surface area contributed by atoms with Crippen LogP contribution in [0.2, 0.25) is 0 Å². The number of fused-ring (bicyclic) bond motifs is 1. The molecule has 0 spiro atoms. The number of carbonyl (C=O) groups is 2. The standard InChI is InChI=1S/C24H21F3N2O3/c1-15(30)29-19-9-6-16(7-10-19)13-28-14-18(23(32)24(25,26)27)12-21-20-5-3-2-4-17(20)8-11-22(21)31/h2-11,14,28,31H,12-13H2,1H3,(H,29,30)/b18-14+. The molecule has 0 aliphatic heterocycles. The largest absolute Gasteiger partial charge is 0.508 e. The van der Waals surface area contributed by atoms with Crippen LogP contribution in [0.3, 0.4) is 0 Å². The monoisotopic (exact) mass is 442 g/mol. The van der Waals surface area contributed by atoms with E-state index in [1.807, 2.05) is 0 Å². The van der Waals surface area contributed by atoms with Crippen LogP contribution in [0.25, 0.3) is 10.8 Å². The maximum Gasteiger partial charge on any atom is 0.454 e. The number of Topliss-reactive ketones (excluding diaryl/α,β-unsaturated/α-hetero) is 1. The van der Waals surface area contributed by atoms with Crippen molar-refractivity contribution in [1.29, 1.82) is 0 Å². The van der Waals surface area contributed by atoms with E-state index >= 15 is 0 Å². The molecule has 166 valence electrons. The number of phenols is 1. The van der Waals surface area contributed by atoms with Gasteiger partial charge in [0, 0.05) is 42.9 Å². The zero-order valence-corrected chi connectivity index (χ0v) is 17.2. The zero-order valence-electron chi connectivity index (χ0n) is 17.2. The van der Waals surface area contributed by atoms with Crippen molar-refractivity contribution in [3.05, 3.63) is 83.6 Å². The molecule has 0 heterocycles. The van der Waals surface area contributed by atoms with Crippen LogP contribution in [0.1, 0.15) is 18.1 Å². The fourth-order valence-electron chi connectivity index (χ4n) is 3.28. The summed E-state index contributed by atoms with van der Waals surface area (Å²) in [5.41, 5.74) is 1.06. The highest BCUT2D eigenvalue weighted by Crippen LogP contribution is 2.31. The van der Waals surface area contributed by atoms with Crippen LogP contribution in [-0.2, 0) is 22.6 Å². The summed E-state index contributed by atoms with van der Waals surface area (Å²) in [7, 11) is 0. The van der Waals surface area contributed by atoms with Crippen molar-refractivity contribution in [2.75, 3.05) is 5.32 Å². The summed E-state index contributed by atoms with van der Waals surface area (Å²) in [6.07, 6.45) is -4.40. The van der Waals surface area contributed by atoms with E-state index in [1.54, 1.807) is 54.6 Å². The number of ketones is 1. The van der Waals surface area contributed by atoms with E-state index in [9.17, 15) is 27.9 Å². The van der Waals surface area contributed by atoms with Crippen molar-refractivity contribution in [1.82, 2.24) is 5.32 Å². The molecule has 0 bridgehead atoms. The van der Waals surface area contributed by atoms with Crippen LogP contribution < -0.4 is 10.6 Å². The van der Waals surface area contributed by atoms with E-state index < -0.39 is 17.5 Å². The maximum absolute atomic E-state index is 13.2. The van der Waals surface area contributed by atoms with Gasteiger partial charge in [-0.2, -0.15) is 13.2 Å². The van der Waals surface area contributed by atoms with Crippen LogP contribution in [-0.4, -0.2) is 23.0 Å². The highest BCUT2D eigenvalue weighted by molar-refractivity contribution is 6.01. The molecule has 0 fully saturated rings. The Morgan fingerprint density at radius 2 is 1.69 bits per heavy atom. The molecule has 0 unspecified atom stereocenters. The second-order valence-corrected chi connectivity index (χ2v) is 7.22. The summed E-state index contributed by atoms with van der Waals surface area (Å²) < 4.78 is 39.6. The van der Waals surface area contributed by atoms with Crippen molar-refractivity contribution in [3.8, 4) is 5.75 Å². The third kappa shape index (κ3) is 5.66. The van der Waals surface area contributed by atoms with Gasteiger partial charge in [-0.1, -0.05) is 42.5 Å². The fourth-order valence-corrected chi connectivity index (χ4v) is 3.28. The number of allylic oxidation sites excluding steroid dienone is 1. The quantitative estimate of drug-likeness (QED) is 0.457. The van der Waals surface area contributed by atoms with Crippen molar-refractivity contribution in [3.63, 3.8) is 0 Å². The minimum absolute atomic E-state index is 0.163. The number of phenolic OH excluding ortho intramolecular Hbond substituents is 1. The van der Waals surface area contributed by atoms with Crippen LogP contribution >= 0.6 is 0 Å². The number of hydrogen-bond donors (Lipinski definition) is 3. The second kappa shape index (κ2) is 9.55. The van der Waals surface area contributed by atoms with Crippen molar-refractivity contribution >= 4 is 28.2 Å². The van der Waals surface area contributed by atoms with E-state index in [0.29, 0.717) is 11.1 Å². The number of anilines is 1. The summed E-state index contributed by atoms with van der Waals surface area (Å²) in [6.45, 7) is 1.55. The molecule has 1 amide bonds. The average Bonchev–Trinajstić information content (AvgIpc) is 2.74. The Morgan fingerprint density at radius 3 is 2.34 bits per heavy atom. The van der Waals surface area contributed by atoms with E-state index in [1.165, 1.54) is 13.0 Å². The number of amides is 1. The Balaban J connectivity index is 1.84. The number of carbonyl (C=O) groups excluding carboxylic acids is 2. The normalized spacial score (nSPS) is 11.9. The van der Waals surface area contributed by atoms with Gasteiger partial charge in [-0.3, -0.25) is 9.59 Å². The van der Waals surface area contributed by atoms with Gasteiger partial charge in [-0.25, -0.2) is 0 Å². The first-order valence-electron chi connectivity index (χ1n) is 9.75. The number of benzene rings is 3. The lowest BCUT2D eigenvalue weighted by molar-refractivity contribution is -0.166. The molecule has 3 aromatic carbocycles. The van der Waals surface area contributed by atoms with E-state index in [4.69, 9.17) is 0 Å². The van der Waals surface area contributed by atoms with Gasteiger partial charge < -0.3 is 15.7 Å². The molecule has 0 radical (unpaired) electrons. The Kier molecular flexibility index (Phi) is 6.82. The van der Waals surface area contributed by atoms with Crippen molar-refractivity contribution < 1.29 is 27.9 Å². The highest BCUT2D eigenvalue weighted by Gasteiger charge is 2.40. The van der Waals surface area contributed by atoms with Gasteiger partial charge >= 0.3 is 6.18 Å². The molecular weight excluding hydrogens is 421 g/mol. The molecule has 3 aromatic rings.